The van der Waals surface area contributed by atoms with Gasteiger partial charge in [0.25, 0.3) is 0 Å². The zero-order chi connectivity index (χ0) is 13.7. The lowest BCUT2D eigenvalue weighted by Crippen LogP contribution is -2.34. The van der Waals surface area contributed by atoms with Crippen molar-refractivity contribution in [1.82, 2.24) is 9.97 Å². The molecule has 0 aliphatic carbocycles. The summed E-state index contributed by atoms with van der Waals surface area (Å²) in [5.41, 5.74) is 0.852. The van der Waals surface area contributed by atoms with Gasteiger partial charge in [-0.2, -0.15) is 0 Å². The van der Waals surface area contributed by atoms with E-state index in [9.17, 15) is 9.59 Å². The normalized spacial score (nSPS) is 16.4. The fourth-order valence-electron chi connectivity index (χ4n) is 2.24. The monoisotopic (exact) mass is 261 g/mol. The summed E-state index contributed by atoms with van der Waals surface area (Å²) in [6.45, 7) is 3.27. The zero-order valence-corrected chi connectivity index (χ0v) is 11.2. The maximum atomic E-state index is 11.0. The Balaban J connectivity index is 1.98. The van der Waals surface area contributed by atoms with Crippen LogP contribution in [0.1, 0.15) is 31.9 Å². The van der Waals surface area contributed by atoms with Gasteiger partial charge in [0.1, 0.15) is 17.9 Å². The number of hydrogen-bond acceptors (Lipinski definition) is 5. The van der Waals surface area contributed by atoms with E-state index in [1.165, 1.54) is 0 Å². The average molecular weight is 261 g/mol. The molecule has 0 aromatic carbocycles. The lowest BCUT2D eigenvalue weighted by Gasteiger charge is -2.30. The van der Waals surface area contributed by atoms with Crippen LogP contribution in [0.3, 0.4) is 0 Å². The molecule has 1 aromatic heterocycles. The minimum atomic E-state index is 0.166. The van der Waals surface area contributed by atoms with Crippen LogP contribution in [0, 0.1) is 5.92 Å². The number of anilines is 1. The fraction of sp³-hybridized carbons (Fsp3) is 0.571. The van der Waals surface area contributed by atoms with Crippen LogP contribution < -0.4 is 4.90 Å². The van der Waals surface area contributed by atoms with Crippen molar-refractivity contribution in [2.24, 2.45) is 5.92 Å². The number of aldehydes is 1. The fourth-order valence-corrected chi connectivity index (χ4v) is 2.24. The summed E-state index contributed by atoms with van der Waals surface area (Å²) in [4.78, 5) is 32.6. The number of aromatic nitrogens is 2. The molecular weight excluding hydrogens is 242 g/mol. The molecule has 0 N–H and O–H groups in total. The molecule has 0 spiro atoms. The number of carbonyl (C=O) groups excluding carboxylic acids is 2. The van der Waals surface area contributed by atoms with E-state index in [0.29, 0.717) is 12.8 Å². The van der Waals surface area contributed by atoms with Crippen LogP contribution in [0.2, 0.25) is 0 Å². The molecule has 0 amide bonds. The summed E-state index contributed by atoms with van der Waals surface area (Å²) in [7, 11) is 0. The van der Waals surface area contributed by atoms with E-state index in [4.69, 9.17) is 0 Å². The van der Waals surface area contributed by atoms with Crippen molar-refractivity contribution in [3.63, 3.8) is 0 Å². The summed E-state index contributed by atoms with van der Waals surface area (Å²) in [5, 5.41) is 0. The molecule has 0 unspecified atom stereocenters. The molecule has 2 rings (SSSR count). The van der Waals surface area contributed by atoms with Gasteiger partial charge >= 0.3 is 0 Å². The first-order chi connectivity index (χ1) is 9.19. The Bertz CT molecular complexity index is 454. The average Bonchev–Trinajstić information content (AvgIpc) is 2.45. The second-order valence-electron chi connectivity index (χ2n) is 5.03. The number of nitrogens with zero attached hydrogens (tertiary/aromatic N) is 3. The molecule has 0 radical (unpaired) electrons. The molecule has 0 bridgehead atoms. The van der Waals surface area contributed by atoms with E-state index in [1.54, 1.807) is 19.3 Å². The number of carbonyl (C=O) groups is 2. The molecule has 5 heteroatoms. The molecule has 1 aliphatic rings. The van der Waals surface area contributed by atoms with Gasteiger partial charge in [-0.15, -0.1) is 0 Å². The SMILES string of the molecule is CC(=O)CCc1cncc(N2CCC(C=O)CC2)n1. The Morgan fingerprint density at radius 1 is 1.42 bits per heavy atom. The molecule has 1 saturated heterocycles. The number of rotatable bonds is 5. The van der Waals surface area contributed by atoms with Gasteiger partial charge in [-0.25, -0.2) is 4.98 Å². The van der Waals surface area contributed by atoms with Gasteiger partial charge in [-0.05, 0) is 26.2 Å². The van der Waals surface area contributed by atoms with Crippen molar-refractivity contribution >= 4 is 17.9 Å². The highest BCUT2D eigenvalue weighted by atomic mass is 16.1. The van der Waals surface area contributed by atoms with Crippen molar-refractivity contribution in [3.05, 3.63) is 18.1 Å². The molecule has 5 nitrogen and oxygen atoms in total. The van der Waals surface area contributed by atoms with Crippen LogP contribution in [0.25, 0.3) is 0 Å². The van der Waals surface area contributed by atoms with Crippen molar-refractivity contribution in [1.29, 1.82) is 0 Å². The van der Waals surface area contributed by atoms with Crippen LogP contribution in [-0.2, 0) is 16.0 Å². The molecule has 19 heavy (non-hydrogen) atoms. The second-order valence-corrected chi connectivity index (χ2v) is 5.03. The standard InChI is InChI=1S/C14H19N3O2/c1-11(19)2-3-13-8-15-9-14(16-13)17-6-4-12(10-18)5-7-17/h8-10,12H,2-7H2,1H3. The number of hydrogen-bond donors (Lipinski definition) is 0. The number of aryl methyl sites for hydroxylation is 1. The second kappa shape index (κ2) is 6.41. The van der Waals surface area contributed by atoms with Crippen molar-refractivity contribution < 1.29 is 9.59 Å². The van der Waals surface area contributed by atoms with E-state index >= 15 is 0 Å². The minimum absolute atomic E-state index is 0.166. The highest BCUT2D eigenvalue weighted by molar-refractivity contribution is 5.75. The van der Waals surface area contributed by atoms with E-state index in [-0.39, 0.29) is 11.7 Å². The zero-order valence-electron chi connectivity index (χ0n) is 11.2. The maximum Gasteiger partial charge on any atom is 0.147 e. The Hall–Kier alpha value is -1.78. The Morgan fingerprint density at radius 2 is 2.16 bits per heavy atom. The van der Waals surface area contributed by atoms with E-state index in [2.05, 4.69) is 14.9 Å². The largest absolute Gasteiger partial charge is 0.355 e. The third kappa shape index (κ3) is 3.84. The van der Waals surface area contributed by atoms with E-state index < -0.39 is 0 Å². The lowest BCUT2D eigenvalue weighted by atomic mass is 9.99. The first kappa shape index (κ1) is 13.6. The van der Waals surface area contributed by atoms with Crippen molar-refractivity contribution in [3.8, 4) is 0 Å². The first-order valence-corrected chi connectivity index (χ1v) is 6.69. The quantitative estimate of drug-likeness (QED) is 0.750. The Kier molecular flexibility index (Phi) is 4.60. The van der Waals surface area contributed by atoms with Crippen LogP contribution in [-0.4, -0.2) is 35.1 Å². The van der Waals surface area contributed by atoms with Crippen molar-refractivity contribution in [2.45, 2.75) is 32.6 Å². The lowest BCUT2D eigenvalue weighted by molar-refractivity contribution is -0.117. The summed E-state index contributed by atoms with van der Waals surface area (Å²) in [5.74, 6) is 1.20. The third-order valence-electron chi connectivity index (χ3n) is 3.46. The molecule has 1 aliphatic heterocycles. The van der Waals surface area contributed by atoms with Gasteiger partial charge in [0.05, 0.1) is 11.9 Å². The number of ketones is 1. The van der Waals surface area contributed by atoms with Crippen LogP contribution in [0.15, 0.2) is 12.4 Å². The Labute approximate surface area is 113 Å². The van der Waals surface area contributed by atoms with Gasteiger partial charge < -0.3 is 14.5 Å². The Morgan fingerprint density at radius 3 is 2.79 bits per heavy atom. The summed E-state index contributed by atoms with van der Waals surface area (Å²) in [6, 6.07) is 0. The van der Waals surface area contributed by atoms with Gasteiger partial charge in [-0.3, -0.25) is 4.98 Å². The number of Topliss-reactive ketones (excluding diaryl/α,β-unsaturated/α-hetero) is 1. The molecule has 102 valence electrons. The predicted molar refractivity (Wildman–Crippen MR) is 72.0 cm³/mol. The smallest absolute Gasteiger partial charge is 0.147 e. The topological polar surface area (TPSA) is 63.2 Å². The maximum absolute atomic E-state index is 11.0. The molecule has 0 saturated carbocycles. The minimum Gasteiger partial charge on any atom is -0.355 e. The molecule has 1 aromatic rings. The van der Waals surface area contributed by atoms with Gasteiger partial charge in [0, 0.05) is 31.6 Å². The molecule has 0 atom stereocenters. The number of piperidine rings is 1. The van der Waals surface area contributed by atoms with Gasteiger partial charge in [0.15, 0.2) is 0 Å². The summed E-state index contributed by atoms with van der Waals surface area (Å²) < 4.78 is 0. The summed E-state index contributed by atoms with van der Waals surface area (Å²) >= 11 is 0. The molecule has 2 heterocycles. The van der Waals surface area contributed by atoms with Crippen molar-refractivity contribution in [2.75, 3.05) is 18.0 Å². The van der Waals surface area contributed by atoms with Crippen LogP contribution in [0.4, 0.5) is 5.82 Å². The van der Waals surface area contributed by atoms with Crippen LogP contribution in [0.5, 0.6) is 0 Å². The molecule has 1 fully saturated rings. The van der Waals surface area contributed by atoms with E-state index in [1.807, 2.05) is 0 Å². The first-order valence-electron chi connectivity index (χ1n) is 6.69. The highest BCUT2D eigenvalue weighted by Crippen LogP contribution is 2.20. The van der Waals surface area contributed by atoms with Gasteiger partial charge in [0.2, 0.25) is 0 Å². The van der Waals surface area contributed by atoms with Gasteiger partial charge in [-0.1, -0.05) is 0 Å². The van der Waals surface area contributed by atoms with Crippen LogP contribution >= 0.6 is 0 Å². The highest BCUT2D eigenvalue weighted by Gasteiger charge is 2.19. The third-order valence-corrected chi connectivity index (χ3v) is 3.46. The van der Waals surface area contributed by atoms with E-state index in [0.717, 1.165) is 43.7 Å². The predicted octanol–water partition coefficient (Wildman–Crippen LogP) is 1.41. The summed E-state index contributed by atoms with van der Waals surface area (Å²) in [6.07, 6.45) is 7.41. The molecular formula is C14H19N3O2.